The van der Waals surface area contributed by atoms with Crippen LogP contribution < -0.4 is 10.1 Å². The Hall–Kier alpha value is -3.13. The van der Waals surface area contributed by atoms with Crippen molar-refractivity contribution in [3.05, 3.63) is 53.4 Å². The Morgan fingerprint density at radius 3 is 2.81 bits per heavy atom. The second-order valence-electron chi connectivity index (χ2n) is 8.15. The lowest BCUT2D eigenvalue weighted by molar-refractivity contribution is -0.105. The predicted molar refractivity (Wildman–Crippen MR) is 124 cm³/mol. The number of nitrogens with zero attached hydrogens (tertiary/aromatic N) is 2. The maximum atomic E-state index is 13.9. The lowest BCUT2D eigenvalue weighted by atomic mass is 9.80. The zero-order valence-corrected chi connectivity index (χ0v) is 19.3. The van der Waals surface area contributed by atoms with E-state index in [9.17, 15) is 9.59 Å². The third-order valence-corrected chi connectivity index (χ3v) is 7.25. The minimum Gasteiger partial charge on any atom is -0.496 e. The molecule has 3 aromatic rings. The Morgan fingerprint density at radius 2 is 2.16 bits per heavy atom. The van der Waals surface area contributed by atoms with E-state index in [0.29, 0.717) is 41.7 Å². The average Bonchev–Trinajstić information content (AvgIpc) is 3.41. The van der Waals surface area contributed by atoms with E-state index >= 15 is 0 Å². The zero-order chi connectivity index (χ0) is 22.7. The van der Waals surface area contributed by atoms with E-state index < -0.39 is 0 Å². The highest BCUT2D eigenvalue weighted by molar-refractivity contribution is 7.20. The molecule has 1 aliphatic rings. The van der Waals surface area contributed by atoms with Gasteiger partial charge in [-0.15, -0.1) is 11.3 Å². The van der Waals surface area contributed by atoms with Gasteiger partial charge in [-0.2, -0.15) is 0 Å². The normalized spacial score (nSPS) is 17.5. The van der Waals surface area contributed by atoms with Gasteiger partial charge in [0.2, 0.25) is 12.3 Å². The summed E-state index contributed by atoms with van der Waals surface area (Å²) in [6.07, 6.45) is 6.31. The monoisotopic (exact) mass is 453 g/mol. The first-order chi connectivity index (χ1) is 15.5. The summed E-state index contributed by atoms with van der Waals surface area (Å²) in [7, 11) is 1.66. The third-order valence-electron chi connectivity index (χ3n) is 6.04. The number of rotatable bonds is 9. The first-order valence-electron chi connectivity index (χ1n) is 10.7. The SMILES string of the molecule is COc1ccccc1CCN(C(=O)c1c(NC=O)sc(-c2ncco2)c1C)C1CC(C)C1. The van der Waals surface area contributed by atoms with Crippen molar-refractivity contribution in [3.8, 4) is 16.5 Å². The van der Waals surface area contributed by atoms with Gasteiger partial charge in [-0.05, 0) is 49.3 Å². The number of hydrogen-bond donors (Lipinski definition) is 1. The summed E-state index contributed by atoms with van der Waals surface area (Å²) in [6, 6.07) is 8.06. The van der Waals surface area contributed by atoms with E-state index in [1.165, 1.54) is 17.6 Å². The number of para-hydroxylation sites is 1. The molecule has 8 heteroatoms. The molecule has 1 aromatic carbocycles. The van der Waals surface area contributed by atoms with Crippen LogP contribution in [0.4, 0.5) is 5.00 Å². The number of methoxy groups -OCH3 is 1. The van der Waals surface area contributed by atoms with Crippen LogP contribution in [0.3, 0.4) is 0 Å². The molecule has 1 N–H and O–H groups in total. The molecule has 168 valence electrons. The summed E-state index contributed by atoms with van der Waals surface area (Å²) in [5, 5.41) is 3.23. The van der Waals surface area contributed by atoms with Crippen molar-refractivity contribution in [1.82, 2.24) is 9.88 Å². The lowest BCUT2D eigenvalue weighted by Crippen LogP contribution is -2.48. The fraction of sp³-hybridized carbons (Fsp3) is 0.375. The standard InChI is InChI=1S/C24H27N3O4S/c1-15-12-18(13-15)27(10-8-17-6-4-5-7-19(17)30-3)24(29)20-16(2)21(22-25-9-11-31-22)32-23(20)26-14-28/h4-7,9,11,14-15,18H,8,10,12-13H2,1-3H3,(H,26,28). The van der Waals surface area contributed by atoms with E-state index in [1.807, 2.05) is 36.1 Å². The highest BCUT2D eigenvalue weighted by Crippen LogP contribution is 2.41. The minimum atomic E-state index is -0.0762. The van der Waals surface area contributed by atoms with Crippen LogP contribution in [-0.2, 0) is 11.2 Å². The van der Waals surface area contributed by atoms with Crippen LogP contribution in [-0.4, -0.2) is 41.9 Å². The van der Waals surface area contributed by atoms with Gasteiger partial charge in [-0.3, -0.25) is 9.59 Å². The molecule has 0 unspecified atom stereocenters. The molecule has 0 saturated heterocycles. The van der Waals surface area contributed by atoms with Crippen molar-refractivity contribution in [1.29, 1.82) is 0 Å². The van der Waals surface area contributed by atoms with Crippen molar-refractivity contribution in [2.75, 3.05) is 19.0 Å². The van der Waals surface area contributed by atoms with Gasteiger partial charge in [0.15, 0.2) is 0 Å². The molecule has 0 aliphatic heterocycles. The fourth-order valence-corrected chi connectivity index (χ4v) is 5.42. The zero-order valence-electron chi connectivity index (χ0n) is 18.5. The van der Waals surface area contributed by atoms with Gasteiger partial charge in [0.1, 0.15) is 17.0 Å². The molecular weight excluding hydrogens is 426 g/mol. The molecule has 2 aromatic heterocycles. The second kappa shape index (κ2) is 9.56. The van der Waals surface area contributed by atoms with Crippen molar-refractivity contribution < 1.29 is 18.7 Å². The summed E-state index contributed by atoms with van der Waals surface area (Å²) >= 11 is 1.31. The van der Waals surface area contributed by atoms with Crippen molar-refractivity contribution in [2.24, 2.45) is 5.92 Å². The number of aromatic nitrogens is 1. The Balaban J connectivity index is 1.66. The average molecular weight is 454 g/mol. The minimum absolute atomic E-state index is 0.0762. The van der Waals surface area contributed by atoms with Gasteiger partial charge in [0.05, 0.1) is 23.7 Å². The summed E-state index contributed by atoms with van der Waals surface area (Å²) in [5.74, 6) is 1.79. The smallest absolute Gasteiger partial charge is 0.257 e. The lowest BCUT2D eigenvalue weighted by Gasteiger charge is -2.42. The first-order valence-corrected chi connectivity index (χ1v) is 11.5. The molecular formula is C24H27N3O4S. The Kier molecular flexibility index (Phi) is 6.60. The number of amides is 2. The molecule has 2 heterocycles. The number of nitrogens with one attached hydrogen (secondary N) is 1. The fourth-order valence-electron chi connectivity index (χ4n) is 4.32. The van der Waals surface area contributed by atoms with Gasteiger partial charge in [-0.25, -0.2) is 4.98 Å². The molecule has 0 radical (unpaired) electrons. The number of thiophene rings is 1. The van der Waals surface area contributed by atoms with Crippen molar-refractivity contribution >= 4 is 28.7 Å². The highest BCUT2D eigenvalue weighted by atomic mass is 32.1. The number of carbonyl (C=O) groups is 2. The van der Waals surface area contributed by atoms with Crippen LogP contribution in [0, 0.1) is 12.8 Å². The van der Waals surface area contributed by atoms with E-state index in [0.717, 1.165) is 34.6 Å². The van der Waals surface area contributed by atoms with Crippen molar-refractivity contribution in [2.45, 2.75) is 39.2 Å². The molecule has 1 fully saturated rings. The maximum absolute atomic E-state index is 13.9. The molecule has 1 aliphatic carbocycles. The molecule has 7 nitrogen and oxygen atoms in total. The number of benzene rings is 1. The summed E-state index contributed by atoms with van der Waals surface area (Å²) in [5.41, 5.74) is 2.34. The van der Waals surface area contributed by atoms with E-state index in [-0.39, 0.29) is 11.9 Å². The predicted octanol–water partition coefficient (Wildman–Crippen LogP) is 4.77. The van der Waals surface area contributed by atoms with Gasteiger partial charge in [0.25, 0.3) is 5.91 Å². The Morgan fingerprint density at radius 1 is 1.38 bits per heavy atom. The van der Waals surface area contributed by atoms with Crippen LogP contribution in [0.2, 0.25) is 0 Å². The quantitative estimate of drug-likeness (QED) is 0.472. The van der Waals surface area contributed by atoms with Crippen LogP contribution in [0.1, 0.15) is 41.3 Å². The molecule has 0 bridgehead atoms. The molecule has 32 heavy (non-hydrogen) atoms. The number of carbonyl (C=O) groups excluding carboxylic acids is 2. The number of oxazole rings is 1. The van der Waals surface area contributed by atoms with Crippen LogP contribution in [0.15, 0.2) is 41.1 Å². The van der Waals surface area contributed by atoms with E-state index in [1.54, 1.807) is 13.3 Å². The molecule has 1 saturated carbocycles. The maximum Gasteiger partial charge on any atom is 0.257 e. The van der Waals surface area contributed by atoms with Crippen LogP contribution >= 0.6 is 11.3 Å². The van der Waals surface area contributed by atoms with Gasteiger partial charge in [0, 0.05) is 12.6 Å². The van der Waals surface area contributed by atoms with Gasteiger partial charge in [-0.1, -0.05) is 25.1 Å². The summed E-state index contributed by atoms with van der Waals surface area (Å²) in [6.45, 7) is 4.65. The van der Waals surface area contributed by atoms with E-state index in [2.05, 4.69) is 17.2 Å². The Labute approximate surface area is 191 Å². The molecule has 0 atom stereocenters. The van der Waals surface area contributed by atoms with Crippen LogP contribution in [0.5, 0.6) is 5.75 Å². The number of anilines is 1. The number of hydrogen-bond acceptors (Lipinski definition) is 6. The summed E-state index contributed by atoms with van der Waals surface area (Å²) in [4.78, 5) is 32.0. The number of ether oxygens (including phenoxy) is 1. The summed E-state index contributed by atoms with van der Waals surface area (Å²) < 4.78 is 10.9. The molecule has 2 amide bonds. The molecule has 0 spiro atoms. The Bertz CT molecular complexity index is 1090. The van der Waals surface area contributed by atoms with E-state index in [4.69, 9.17) is 9.15 Å². The van der Waals surface area contributed by atoms with Crippen molar-refractivity contribution in [3.63, 3.8) is 0 Å². The largest absolute Gasteiger partial charge is 0.496 e. The van der Waals surface area contributed by atoms with Gasteiger partial charge >= 0.3 is 0 Å². The van der Waals surface area contributed by atoms with Gasteiger partial charge < -0.3 is 19.4 Å². The first kappa shape index (κ1) is 22.1. The highest BCUT2D eigenvalue weighted by Gasteiger charge is 2.36. The second-order valence-corrected chi connectivity index (χ2v) is 9.17. The molecule has 4 rings (SSSR count). The topological polar surface area (TPSA) is 84.7 Å². The van der Waals surface area contributed by atoms with Crippen LogP contribution in [0.25, 0.3) is 10.8 Å². The third kappa shape index (κ3) is 4.27.